The highest BCUT2D eigenvalue weighted by atomic mass is 16.5. The number of carbonyl (C=O) groups is 2. The van der Waals surface area contributed by atoms with Gasteiger partial charge in [0.25, 0.3) is 5.91 Å². The fourth-order valence-electron chi connectivity index (χ4n) is 3.36. The normalized spacial score (nSPS) is 11.8. The number of nitrogens with one attached hydrogen (secondary N) is 1. The van der Waals surface area contributed by atoms with Gasteiger partial charge in [-0.15, -0.1) is 0 Å². The van der Waals surface area contributed by atoms with E-state index in [0.717, 1.165) is 5.56 Å². The van der Waals surface area contributed by atoms with Crippen LogP contribution in [0.3, 0.4) is 0 Å². The largest absolute Gasteiger partial charge is 0.484 e. The SMILES string of the molecule is CCNC(=O)[C@H](CC)N(CCc1ccccc1)C(=O)COc1ccc(C(C)C)cc1. The Balaban J connectivity index is 2.08. The van der Waals surface area contributed by atoms with Crippen molar-refractivity contribution in [2.24, 2.45) is 0 Å². The molecule has 0 unspecified atom stereocenters. The Hall–Kier alpha value is -2.82. The summed E-state index contributed by atoms with van der Waals surface area (Å²) >= 11 is 0. The van der Waals surface area contributed by atoms with Gasteiger partial charge in [-0.2, -0.15) is 0 Å². The average molecular weight is 411 g/mol. The van der Waals surface area contributed by atoms with Gasteiger partial charge in [0.1, 0.15) is 11.8 Å². The monoisotopic (exact) mass is 410 g/mol. The van der Waals surface area contributed by atoms with Gasteiger partial charge in [-0.25, -0.2) is 0 Å². The number of benzene rings is 2. The minimum atomic E-state index is -0.506. The number of amides is 2. The first kappa shape index (κ1) is 23.5. The predicted molar refractivity (Wildman–Crippen MR) is 121 cm³/mol. The molecule has 0 aliphatic heterocycles. The van der Waals surface area contributed by atoms with Crippen LogP contribution in [0.25, 0.3) is 0 Å². The van der Waals surface area contributed by atoms with Crippen LogP contribution < -0.4 is 10.1 Å². The second-order valence-corrected chi connectivity index (χ2v) is 7.65. The zero-order chi connectivity index (χ0) is 21.9. The van der Waals surface area contributed by atoms with Crippen molar-refractivity contribution in [1.29, 1.82) is 0 Å². The molecule has 5 heteroatoms. The molecule has 0 aliphatic carbocycles. The minimum absolute atomic E-state index is 0.0915. The summed E-state index contributed by atoms with van der Waals surface area (Å²) in [5, 5.41) is 2.85. The molecule has 1 atom stereocenters. The van der Waals surface area contributed by atoms with Crippen LogP contribution >= 0.6 is 0 Å². The molecule has 5 nitrogen and oxygen atoms in total. The zero-order valence-corrected chi connectivity index (χ0v) is 18.6. The number of hydrogen-bond donors (Lipinski definition) is 1. The highest BCUT2D eigenvalue weighted by Crippen LogP contribution is 2.19. The van der Waals surface area contributed by atoms with Crippen molar-refractivity contribution in [3.8, 4) is 5.75 Å². The lowest BCUT2D eigenvalue weighted by atomic mass is 10.0. The van der Waals surface area contributed by atoms with E-state index in [0.29, 0.717) is 37.6 Å². The summed E-state index contributed by atoms with van der Waals surface area (Å²) < 4.78 is 5.75. The lowest BCUT2D eigenvalue weighted by molar-refractivity contribution is -0.142. The van der Waals surface area contributed by atoms with Crippen LogP contribution in [0.15, 0.2) is 54.6 Å². The summed E-state index contributed by atoms with van der Waals surface area (Å²) in [5.41, 5.74) is 2.35. The van der Waals surface area contributed by atoms with E-state index in [2.05, 4.69) is 19.2 Å². The van der Waals surface area contributed by atoms with Crippen LogP contribution in [-0.4, -0.2) is 42.5 Å². The molecule has 2 rings (SSSR count). The smallest absolute Gasteiger partial charge is 0.261 e. The topological polar surface area (TPSA) is 58.6 Å². The molecule has 0 bridgehead atoms. The second-order valence-electron chi connectivity index (χ2n) is 7.65. The summed E-state index contributed by atoms with van der Waals surface area (Å²) in [6.07, 6.45) is 1.24. The zero-order valence-electron chi connectivity index (χ0n) is 18.6. The number of hydrogen-bond acceptors (Lipinski definition) is 3. The van der Waals surface area contributed by atoms with E-state index in [9.17, 15) is 9.59 Å². The minimum Gasteiger partial charge on any atom is -0.484 e. The molecule has 0 aliphatic rings. The maximum absolute atomic E-state index is 13.0. The molecule has 2 aromatic rings. The third-order valence-corrected chi connectivity index (χ3v) is 5.13. The van der Waals surface area contributed by atoms with Crippen molar-refractivity contribution in [1.82, 2.24) is 10.2 Å². The Labute approximate surface area is 180 Å². The Morgan fingerprint density at radius 3 is 2.23 bits per heavy atom. The van der Waals surface area contributed by atoms with Crippen LogP contribution in [0.1, 0.15) is 51.2 Å². The molecule has 0 spiro atoms. The van der Waals surface area contributed by atoms with E-state index in [1.54, 1.807) is 4.90 Å². The first-order chi connectivity index (χ1) is 14.5. The molecular weight excluding hydrogens is 376 g/mol. The number of rotatable bonds is 11. The van der Waals surface area contributed by atoms with Gasteiger partial charge in [0.05, 0.1) is 0 Å². The highest BCUT2D eigenvalue weighted by Gasteiger charge is 2.28. The van der Waals surface area contributed by atoms with Gasteiger partial charge in [-0.3, -0.25) is 9.59 Å². The maximum atomic E-state index is 13.0. The Kier molecular flexibility index (Phi) is 9.39. The van der Waals surface area contributed by atoms with E-state index in [4.69, 9.17) is 4.74 Å². The number of carbonyl (C=O) groups excluding carboxylic acids is 2. The van der Waals surface area contributed by atoms with Crippen LogP contribution in [0.4, 0.5) is 0 Å². The number of nitrogens with zero attached hydrogens (tertiary/aromatic N) is 1. The van der Waals surface area contributed by atoms with Crippen molar-refractivity contribution < 1.29 is 14.3 Å². The van der Waals surface area contributed by atoms with Gasteiger partial charge in [0.15, 0.2) is 6.61 Å². The van der Waals surface area contributed by atoms with Crippen molar-refractivity contribution in [2.45, 2.75) is 52.5 Å². The van der Waals surface area contributed by atoms with Crippen LogP contribution in [0.2, 0.25) is 0 Å². The Morgan fingerprint density at radius 1 is 1.00 bits per heavy atom. The third-order valence-electron chi connectivity index (χ3n) is 5.13. The second kappa shape index (κ2) is 12.0. The molecule has 0 saturated heterocycles. The third kappa shape index (κ3) is 6.90. The fourth-order valence-corrected chi connectivity index (χ4v) is 3.36. The van der Waals surface area contributed by atoms with E-state index in [1.165, 1.54) is 5.56 Å². The Morgan fingerprint density at radius 2 is 1.67 bits per heavy atom. The van der Waals surface area contributed by atoms with Gasteiger partial charge in [-0.05, 0) is 48.9 Å². The molecule has 0 radical (unpaired) electrons. The summed E-state index contributed by atoms with van der Waals surface area (Å²) in [4.78, 5) is 27.3. The van der Waals surface area contributed by atoms with Gasteiger partial charge in [-0.1, -0.05) is 63.2 Å². The molecule has 2 amide bonds. The van der Waals surface area contributed by atoms with Gasteiger partial charge < -0.3 is 15.0 Å². The summed E-state index contributed by atoms with van der Waals surface area (Å²) in [5.74, 6) is 0.790. The molecular formula is C25H34N2O3. The summed E-state index contributed by atoms with van der Waals surface area (Å²) in [7, 11) is 0. The average Bonchev–Trinajstić information content (AvgIpc) is 2.76. The molecule has 1 N–H and O–H groups in total. The first-order valence-electron chi connectivity index (χ1n) is 10.8. The van der Waals surface area contributed by atoms with Crippen molar-refractivity contribution in [3.63, 3.8) is 0 Å². The molecule has 0 aromatic heterocycles. The van der Waals surface area contributed by atoms with Crippen molar-refractivity contribution in [3.05, 3.63) is 65.7 Å². The van der Waals surface area contributed by atoms with Crippen molar-refractivity contribution >= 4 is 11.8 Å². The fraction of sp³-hybridized carbons (Fsp3) is 0.440. The molecule has 0 saturated carbocycles. The highest BCUT2D eigenvalue weighted by molar-refractivity contribution is 5.88. The standard InChI is InChI=1S/C25H34N2O3/c1-5-23(25(29)26-6-2)27(17-16-20-10-8-7-9-11-20)24(28)18-30-22-14-12-21(13-15-22)19(3)4/h7-15,19,23H,5-6,16-18H2,1-4H3,(H,26,29)/t23-/m0/s1. The summed E-state index contributed by atoms with van der Waals surface area (Å²) in [6, 6.07) is 17.3. The molecule has 2 aromatic carbocycles. The predicted octanol–water partition coefficient (Wildman–Crippen LogP) is 4.17. The molecule has 0 fully saturated rings. The molecule has 162 valence electrons. The van der Waals surface area contributed by atoms with E-state index in [1.807, 2.05) is 68.4 Å². The van der Waals surface area contributed by atoms with Crippen LogP contribution in [0, 0.1) is 0 Å². The van der Waals surface area contributed by atoms with Gasteiger partial charge >= 0.3 is 0 Å². The maximum Gasteiger partial charge on any atom is 0.261 e. The van der Waals surface area contributed by atoms with Gasteiger partial charge in [0.2, 0.25) is 5.91 Å². The van der Waals surface area contributed by atoms with Gasteiger partial charge in [0, 0.05) is 13.1 Å². The van der Waals surface area contributed by atoms with E-state index in [-0.39, 0.29) is 18.4 Å². The first-order valence-corrected chi connectivity index (χ1v) is 10.8. The molecule has 0 heterocycles. The lowest BCUT2D eigenvalue weighted by Gasteiger charge is -2.30. The van der Waals surface area contributed by atoms with Crippen molar-refractivity contribution in [2.75, 3.05) is 19.7 Å². The quantitative estimate of drug-likeness (QED) is 0.605. The Bertz CT molecular complexity index is 788. The van der Waals surface area contributed by atoms with Crippen LogP contribution in [0.5, 0.6) is 5.75 Å². The van der Waals surface area contributed by atoms with E-state index < -0.39 is 6.04 Å². The van der Waals surface area contributed by atoms with E-state index >= 15 is 0 Å². The lowest BCUT2D eigenvalue weighted by Crippen LogP contribution is -2.51. The van der Waals surface area contributed by atoms with Crippen LogP contribution in [-0.2, 0) is 16.0 Å². The summed E-state index contributed by atoms with van der Waals surface area (Å²) in [6.45, 7) is 8.99. The number of likely N-dealkylation sites (N-methyl/N-ethyl adjacent to an activating group) is 1. The molecule has 30 heavy (non-hydrogen) atoms. The number of ether oxygens (including phenoxy) is 1.